The van der Waals surface area contributed by atoms with Gasteiger partial charge in [0.2, 0.25) is 10.0 Å². The van der Waals surface area contributed by atoms with E-state index in [1.165, 1.54) is 19.2 Å². The van der Waals surface area contributed by atoms with Crippen molar-refractivity contribution in [1.29, 1.82) is 0 Å². The van der Waals surface area contributed by atoms with Gasteiger partial charge in [-0.15, -0.1) is 0 Å². The lowest BCUT2D eigenvalue weighted by atomic mass is 9.87. The first-order valence-electron chi connectivity index (χ1n) is 7.20. The van der Waals surface area contributed by atoms with Crippen LogP contribution in [0.4, 0.5) is 5.69 Å². The van der Waals surface area contributed by atoms with Crippen LogP contribution in [0.25, 0.3) is 0 Å². The SMILES string of the molecule is COc1cc([N+](=O)[O-])ccc1S(=O)(=O)N[C@H]1CCCC[C@H]1C. The van der Waals surface area contributed by atoms with E-state index in [2.05, 4.69) is 4.72 Å². The van der Waals surface area contributed by atoms with Gasteiger partial charge in [-0.1, -0.05) is 19.8 Å². The van der Waals surface area contributed by atoms with Crippen LogP contribution in [0.3, 0.4) is 0 Å². The number of nitro benzene ring substituents is 1. The van der Waals surface area contributed by atoms with Gasteiger partial charge in [0, 0.05) is 12.1 Å². The number of ether oxygens (including phenoxy) is 1. The van der Waals surface area contributed by atoms with Crippen LogP contribution in [0.1, 0.15) is 32.6 Å². The largest absolute Gasteiger partial charge is 0.495 e. The second kappa shape index (κ2) is 6.62. The zero-order valence-electron chi connectivity index (χ0n) is 12.6. The van der Waals surface area contributed by atoms with E-state index in [1.54, 1.807) is 0 Å². The first-order chi connectivity index (χ1) is 10.3. The maximum Gasteiger partial charge on any atom is 0.273 e. The summed E-state index contributed by atoms with van der Waals surface area (Å²) in [6, 6.07) is 3.39. The zero-order chi connectivity index (χ0) is 16.3. The molecule has 122 valence electrons. The van der Waals surface area contributed by atoms with E-state index in [9.17, 15) is 18.5 Å². The van der Waals surface area contributed by atoms with Crippen molar-refractivity contribution in [3.63, 3.8) is 0 Å². The number of rotatable bonds is 5. The average molecular weight is 328 g/mol. The molecule has 7 nitrogen and oxygen atoms in total. The van der Waals surface area contributed by atoms with Crippen LogP contribution in [-0.4, -0.2) is 26.5 Å². The Hall–Kier alpha value is -1.67. The van der Waals surface area contributed by atoms with Crippen LogP contribution < -0.4 is 9.46 Å². The van der Waals surface area contributed by atoms with Crippen molar-refractivity contribution in [2.24, 2.45) is 5.92 Å². The number of nitrogens with one attached hydrogen (secondary N) is 1. The van der Waals surface area contributed by atoms with Crippen LogP contribution in [0.15, 0.2) is 23.1 Å². The van der Waals surface area contributed by atoms with Gasteiger partial charge in [-0.2, -0.15) is 0 Å². The molecule has 0 amide bonds. The van der Waals surface area contributed by atoms with Gasteiger partial charge in [0.15, 0.2) is 0 Å². The van der Waals surface area contributed by atoms with Gasteiger partial charge in [-0.25, -0.2) is 13.1 Å². The van der Waals surface area contributed by atoms with E-state index < -0.39 is 14.9 Å². The van der Waals surface area contributed by atoms with E-state index in [-0.39, 0.29) is 28.3 Å². The molecule has 0 saturated heterocycles. The van der Waals surface area contributed by atoms with E-state index in [0.717, 1.165) is 31.7 Å². The lowest BCUT2D eigenvalue weighted by molar-refractivity contribution is -0.385. The molecule has 8 heteroatoms. The molecule has 1 fully saturated rings. The highest BCUT2D eigenvalue weighted by molar-refractivity contribution is 7.89. The number of nitrogens with zero attached hydrogens (tertiary/aromatic N) is 1. The number of nitro groups is 1. The van der Waals surface area contributed by atoms with E-state index in [0.29, 0.717) is 0 Å². The number of sulfonamides is 1. The van der Waals surface area contributed by atoms with E-state index in [1.807, 2.05) is 6.92 Å². The number of benzene rings is 1. The van der Waals surface area contributed by atoms with Crippen molar-refractivity contribution in [2.45, 2.75) is 43.5 Å². The summed E-state index contributed by atoms with van der Waals surface area (Å²) in [6.45, 7) is 2.03. The normalized spacial score (nSPS) is 22.3. The Morgan fingerprint density at radius 3 is 2.59 bits per heavy atom. The molecule has 1 aromatic carbocycles. The van der Waals surface area contributed by atoms with Crippen molar-refractivity contribution in [3.05, 3.63) is 28.3 Å². The summed E-state index contributed by atoms with van der Waals surface area (Å²) in [6.07, 6.45) is 3.90. The Morgan fingerprint density at radius 1 is 1.32 bits per heavy atom. The van der Waals surface area contributed by atoms with E-state index >= 15 is 0 Å². The fourth-order valence-corrected chi connectivity index (χ4v) is 4.28. The number of methoxy groups -OCH3 is 1. The van der Waals surface area contributed by atoms with Crippen LogP contribution in [0, 0.1) is 16.0 Å². The van der Waals surface area contributed by atoms with Crippen molar-refractivity contribution in [2.75, 3.05) is 7.11 Å². The molecule has 0 spiro atoms. The third-order valence-electron chi connectivity index (χ3n) is 4.07. The summed E-state index contributed by atoms with van der Waals surface area (Å²) in [4.78, 5) is 10.1. The van der Waals surface area contributed by atoms with Crippen LogP contribution in [-0.2, 0) is 10.0 Å². The minimum atomic E-state index is -3.78. The van der Waals surface area contributed by atoms with Gasteiger partial charge in [0.05, 0.1) is 18.1 Å². The van der Waals surface area contributed by atoms with Crippen LogP contribution >= 0.6 is 0 Å². The molecule has 1 aromatic rings. The quantitative estimate of drug-likeness (QED) is 0.661. The minimum Gasteiger partial charge on any atom is -0.495 e. The first-order valence-corrected chi connectivity index (χ1v) is 8.68. The Bertz CT molecular complexity index is 659. The van der Waals surface area contributed by atoms with Crippen LogP contribution in [0.2, 0.25) is 0 Å². The van der Waals surface area contributed by atoms with Gasteiger partial charge in [0.1, 0.15) is 10.6 Å². The molecule has 0 aromatic heterocycles. The standard InChI is InChI=1S/C14H20N2O5S/c1-10-5-3-4-6-12(10)15-22(19,20)14-8-7-11(16(17)18)9-13(14)21-2/h7-10,12,15H,3-6H2,1-2H3/t10-,12+/m1/s1. The van der Waals surface area contributed by atoms with Gasteiger partial charge in [-0.05, 0) is 24.8 Å². The summed E-state index contributed by atoms with van der Waals surface area (Å²) >= 11 is 0. The highest BCUT2D eigenvalue weighted by Gasteiger charge is 2.29. The molecular weight excluding hydrogens is 308 g/mol. The molecular formula is C14H20N2O5S. The second-order valence-corrected chi connectivity index (χ2v) is 7.26. The molecule has 22 heavy (non-hydrogen) atoms. The van der Waals surface area contributed by atoms with Crippen molar-refractivity contribution >= 4 is 15.7 Å². The Morgan fingerprint density at radius 2 is 2.00 bits per heavy atom. The minimum absolute atomic E-state index is 0.0230. The predicted molar refractivity (Wildman–Crippen MR) is 81.4 cm³/mol. The molecule has 0 bridgehead atoms. The van der Waals surface area contributed by atoms with Crippen molar-refractivity contribution in [1.82, 2.24) is 4.72 Å². The maximum atomic E-state index is 12.5. The van der Waals surface area contributed by atoms with Crippen molar-refractivity contribution < 1.29 is 18.1 Å². The molecule has 1 aliphatic carbocycles. The monoisotopic (exact) mass is 328 g/mol. The molecule has 1 saturated carbocycles. The smallest absolute Gasteiger partial charge is 0.273 e. The highest BCUT2D eigenvalue weighted by Crippen LogP contribution is 2.30. The number of non-ortho nitro benzene ring substituents is 1. The lowest BCUT2D eigenvalue weighted by Crippen LogP contribution is -2.41. The summed E-state index contributed by atoms with van der Waals surface area (Å²) in [5.74, 6) is 0.248. The third-order valence-corrected chi connectivity index (χ3v) is 5.59. The van der Waals surface area contributed by atoms with E-state index in [4.69, 9.17) is 4.74 Å². The fourth-order valence-electron chi connectivity index (χ4n) is 2.75. The highest BCUT2D eigenvalue weighted by atomic mass is 32.2. The van der Waals surface area contributed by atoms with Gasteiger partial charge >= 0.3 is 0 Å². The predicted octanol–water partition coefficient (Wildman–Crippen LogP) is 2.46. The molecule has 1 aliphatic rings. The fraction of sp³-hybridized carbons (Fsp3) is 0.571. The summed E-state index contributed by atoms with van der Waals surface area (Å²) in [7, 11) is -2.48. The topological polar surface area (TPSA) is 98.5 Å². The Balaban J connectivity index is 2.30. The maximum absolute atomic E-state index is 12.5. The molecule has 1 N–H and O–H groups in total. The third kappa shape index (κ3) is 3.56. The average Bonchev–Trinajstić information content (AvgIpc) is 2.48. The first kappa shape index (κ1) is 16.7. The molecule has 2 rings (SSSR count). The zero-order valence-corrected chi connectivity index (χ0v) is 13.4. The Labute approximate surface area is 129 Å². The number of hydrogen-bond donors (Lipinski definition) is 1. The molecule has 2 atom stereocenters. The van der Waals surface area contributed by atoms with Gasteiger partial charge < -0.3 is 4.74 Å². The van der Waals surface area contributed by atoms with Crippen LogP contribution in [0.5, 0.6) is 5.75 Å². The molecule has 0 radical (unpaired) electrons. The van der Waals surface area contributed by atoms with Gasteiger partial charge in [0.25, 0.3) is 5.69 Å². The lowest BCUT2D eigenvalue weighted by Gasteiger charge is -2.29. The van der Waals surface area contributed by atoms with Crippen molar-refractivity contribution in [3.8, 4) is 5.75 Å². The Kier molecular flexibility index (Phi) is 5.02. The number of hydrogen-bond acceptors (Lipinski definition) is 5. The molecule has 0 unspecified atom stereocenters. The summed E-state index contributed by atoms with van der Waals surface area (Å²) < 4.78 is 32.8. The van der Waals surface area contributed by atoms with Gasteiger partial charge in [-0.3, -0.25) is 10.1 Å². The molecule has 0 heterocycles. The second-order valence-electron chi connectivity index (χ2n) is 5.58. The summed E-state index contributed by atoms with van der Waals surface area (Å²) in [5.41, 5.74) is -0.207. The summed E-state index contributed by atoms with van der Waals surface area (Å²) in [5, 5.41) is 10.8. The molecule has 0 aliphatic heterocycles.